The van der Waals surface area contributed by atoms with Crippen LogP contribution in [-0.2, 0) is 19.6 Å². The number of aromatic carboxylic acids is 1. The van der Waals surface area contributed by atoms with Crippen molar-refractivity contribution in [3.8, 4) is 5.75 Å². The number of methoxy groups -OCH3 is 1. The third-order valence-electron chi connectivity index (χ3n) is 5.06. The number of rotatable bonds is 8. The fraction of sp³-hybridized carbons (Fsp3) is 0.381. The summed E-state index contributed by atoms with van der Waals surface area (Å²) in [6.45, 7) is 2.81. The molecule has 2 N–H and O–H groups in total. The van der Waals surface area contributed by atoms with Gasteiger partial charge in [0.05, 0.1) is 36.4 Å². The summed E-state index contributed by atoms with van der Waals surface area (Å²) in [6.07, 6.45) is 2.59. The maximum Gasteiger partial charge on any atom is 0.339 e. The van der Waals surface area contributed by atoms with Crippen molar-refractivity contribution in [3.05, 3.63) is 42.1 Å². The first-order valence-electron chi connectivity index (χ1n) is 10.1. The van der Waals surface area contributed by atoms with E-state index in [1.165, 1.54) is 43.6 Å². The van der Waals surface area contributed by atoms with Gasteiger partial charge in [0, 0.05) is 13.1 Å². The number of ether oxygens (including phenoxy) is 2. The fourth-order valence-corrected chi connectivity index (χ4v) is 4.55. The molecule has 0 spiro atoms. The molecule has 0 aliphatic carbocycles. The number of sulfonamides is 1. The molecule has 172 valence electrons. The predicted molar refractivity (Wildman–Crippen MR) is 117 cm³/mol. The van der Waals surface area contributed by atoms with Gasteiger partial charge in [-0.25, -0.2) is 18.2 Å². The summed E-state index contributed by atoms with van der Waals surface area (Å²) >= 11 is 0. The van der Waals surface area contributed by atoms with Gasteiger partial charge in [-0.2, -0.15) is 0 Å². The highest BCUT2D eigenvalue weighted by Crippen LogP contribution is 2.28. The minimum Gasteiger partial charge on any atom is -0.497 e. The van der Waals surface area contributed by atoms with E-state index in [1.54, 1.807) is 11.8 Å². The van der Waals surface area contributed by atoms with Crippen LogP contribution in [0.3, 0.4) is 0 Å². The van der Waals surface area contributed by atoms with Crippen molar-refractivity contribution in [1.82, 2.24) is 4.98 Å². The third-order valence-corrected chi connectivity index (χ3v) is 6.46. The van der Waals surface area contributed by atoms with Crippen molar-refractivity contribution in [2.45, 2.75) is 24.7 Å². The molecule has 1 atom stereocenters. The Morgan fingerprint density at radius 2 is 2.00 bits per heavy atom. The Morgan fingerprint density at radius 3 is 2.62 bits per heavy atom. The largest absolute Gasteiger partial charge is 0.497 e. The molecule has 0 amide bonds. The number of carbonyl (C=O) groups is 2. The second kappa shape index (κ2) is 9.86. The first kappa shape index (κ1) is 23.3. The molecule has 1 aromatic heterocycles. The second-order valence-electron chi connectivity index (χ2n) is 7.22. The molecule has 0 bridgehead atoms. The Hall–Kier alpha value is -3.34. The number of benzene rings is 1. The molecule has 1 aromatic carbocycles. The molecule has 10 nitrogen and oxygen atoms in total. The van der Waals surface area contributed by atoms with Crippen molar-refractivity contribution in [2.24, 2.45) is 5.92 Å². The first-order chi connectivity index (χ1) is 15.2. The lowest BCUT2D eigenvalue weighted by Gasteiger charge is -2.33. The minimum atomic E-state index is -3.96. The molecule has 32 heavy (non-hydrogen) atoms. The van der Waals surface area contributed by atoms with Crippen LogP contribution in [0.4, 0.5) is 11.5 Å². The van der Waals surface area contributed by atoms with Crippen LogP contribution in [0.25, 0.3) is 0 Å². The van der Waals surface area contributed by atoms with E-state index in [2.05, 4.69) is 9.71 Å². The number of anilines is 2. The van der Waals surface area contributed by atoms with Gasteiger partial charge in [-0.05, 0) is 50.1 Å². The number of pyridine rings is 1. The zero-order chi connectivity index (χ0) is 23.3. The molecule has 3 rings (SSSR count). The highest BCUT2D eigenvalue weighted by atomic mass is 32.2. The van der Waals surface area contributed by atoms with Crippen molar-refractivity contribution in [2.75, 3.05) is 36.4 Å². The number of carbonyl (C=O) groups excluding carboxylic acids is 1. The van der Waals surface area contributed by atoms with E-state index in [4.69, 9.17) is 9.47 Å². The molecule has 2 heterocycles. The lowest BCUT2D eigenvalue weighted by molar-refractivity contribution is -0.148. The Bertz CT molecular complexity index is 1090. The quantitative estimate of drug-likeness (QED) is 0.566. The van der Waals surface area contributed by atoms with Crippen LogP contribution in [0.2, 0.25) is 0 Å². The number of nitrogens with one attached hydrogen (secondary N) is 1. The summed E-state index contributed by atoms with van der Waals surface area (Å²) in [4.78, 5) is 29.9. The van der Waals surface area contributed by atoms with Crippen LogP contribution in [0.15, 0.2) is 41.4 Å². The van der Waals surface area contributed by atoms with Gasteiger partial charge in [-0.15, -0.1) is 0 Å². The summed E-state index contributed by atoms with van der Waals surface area (Å²) in [5.74, 6) is -1.26. The number of aromatic nitrogens is 1. The Balaban J connectivity index is 1.84. The average molecular weight is 464 g/mol. The van der Waals surface area contributed by atoms with Crippen LogP contribution in [0, 0.1) is 5.92 Å². The molecule has 1 aliphatic heterocycles. The van der Waals surface area contributed by atoms with Gasteiger partial charge in [-0.3, -0.25) is 9.52 Å². The van der Waals surface area contributed by atoms with Crippen molar-refractivity contribution >= 4 is 33.5 Å². The maximum absolute atomic E-state index is 12.7. The summed E-state index contributed by atoms with van der Waals surface area (Å²) < 4.78 is 37.8. The second-order valence-corrected chi connectivity index (χ2v) is 8.90. The van der Waals surface area contributed by atoms with E-state index in [-0.39, 0.29) is 47.0 Å². The van der Waals surface area contributed by atoms with Crippen LogP contribution in [0.1, 0.15) is 30.1 Å². The standard InChI is InChI=1S/C21H25N3O7S/c1-3-31-21(27)14-5-4-10-24(13-14)19-18(20(25)26)11-15(12-22-19)23-32(28,29)17-8-6-16(30-2)7-9-17/h6-9,11-12,14,23H,3-5,10,13H2,1-2H3,(H,25,26)/t14-/m1/s1. The zero-order valence-electron chi connectivity index (χ0n) is 17.8. The number of piperidine rings is 1. The Labute approximate surface area is 186 Å². The molecular weight excluding hydrogens is 438 g/mol. The smallest absolute Gasteiger partial charge is 0.339 e. The van der Waals surface area contributed by atoms with E-state index >= 15 is 0 Å². The lowest BCUT2D eigenvalue weighted by atomic mass is 9.98. The van der Waals surface area contributed by atoms with Gasteiger partial charge in [0.2, 0.25) is 0 Å². The Kier molecular flexibility index (Phi) is 7.18. The van der Waals surface area contributed by atoms with Crippen LogP contribution in [0.5, 0.6) is 5.75 Å². The van der Waals surface area contributed by atoms with E-state index in [1.807, 2.05) is 0 Å². The molecular formula is C21H25N3O7S. The van der Waals surface area contributed by atoms with Gasteiger partial charge in [0.15, 0.2) is 0 Å². The molecule has 11 heteroatoms. The molecule has 0 unspecified atom stereocenters. The van der Waals surface area contributed by atoms with Crippen LogP contribution in [-0.4, -0.2) is 57.3 Å². The van der Waals surface area contributed by atoms with Crippen molar-refractivity contribution in [1.29, 1.82) is 0 Å². The molecule has 2 aromatic rings. The van der Waals surface area contributed by atoms with Crippen molar-refractivity contribution in [3.63, 3.8) is 0 Å². The predicted octanol–water partition coefficient (Wildman–Crippen LogP) is 2.37. The number of carboxylic acid groups (broad SMARTS) is 1. The van der Waals surface area contributed by atoms with E-state index in [9.17, 15) is 23.1 Å². The number of esters is 1. The molecule has 1 aliphatic rings. The van der Waals surface area contributed by atoms with E-state index < -0.39 is 16.0 Å². The van der Waals surface area contributed by atoms with Gasteiger partial charge < -0.3 is 19.5 Å². The topological polar surface area (TPSA) is 135 Å². The number of carboxylic acids is 1. The first-order valence-corrected chi connectivity index (χ1v) is 11.5. The maximum atomic E-state index is 12.7. The van der Waals surface area contributed by atoms with Crippen molar-refractivity contribution < 1.29 is 32.6 Å². The monoisotopic (exact) mass is 463 g/mol. The third kappa shape index (κ3) is 5.28. The number of hydrogen-bond acceptors (Lipinski definition) is 8. The summed E-state index contributed by atoms with van der Waals surface area (Å²) in [6, 6.07) is 7.00. The molecule has 0 saturated carbocycles. The summed E-state index contributed by atoms with van der Waals surface area (Å²) in [7, 11) is -2.49. The highest BCUT2D eigenvalue weighted by Gasteiger charge is 2.30. The number of nitrogens with zero attached hydrogens (tertiary/aromatic N) is 2. The molecule has 1 fully saturated rings. The van der Waals surface area contributed by atoms with E-state index in [0.717, 1.165) is 0 Å². The van der Waals surface area contributed by atoms with E-state index in [0.29, 0.717) is 25.1 Å². The summed E-state index contributed by atoms with van der Waals surface area (Å²) in [5, 5.41) is 9.70. The molecule has 0 radical (unpaired) electrons. The lowest BCUT2D eigenvalue weighted by Crippen LogP contribution is -2.40. The van der Waals surface area contributed by atoms with Gasteiger partial charge in [0.25, 0.3) is 10.0 Å². The van der Waals surface area contributed by atoms with Crippen LogP contribution < -0.4 is 14.4 Å². The fourth-order valence-electron chi connectivity index (χ4n) is 3.51. The van der Waals surface area contributed by atoms with Gasteiger partial charge in [0.1, 0.15) is 17.1 Å². The van der Waals surface area contributed by atoms with Crippen LogP contribution >= 0.6 is 0 Å². The molecule has 1 saturated heterocycles. The zero-order valence-corrected chi connectivity index (χ0v) is 18.6. The Morgan fingerprint density at radius 1 is 1.28 bits per heavy atom. The van der Waals surface area contributed by atoms with Gasteiger partial charge >= 0.3 is 11.9 Å². The van der Waals surface area contributed by atoms with Gasteiger partial charge in [-0.1, -0.05) is 0 Å². The minimum absolute atomic E-state index is 0.00689. The average Bonchev–Trinajstić information content (AvgIpc) is 2.79. The highest BCUT2D eigenvalue weighted by molar-refractivity contribution is 7.92. The SMILES string of the molecule is CCOC(=O)[C@@H]1CCCN(c2ncc(NS(=O)(=O)c3ccc(OC)cc3)cc2C(=O)O)C1. The number of hydrogen-bond donors (Lipinski definition) is 2. The summed E-state index contributed by atoms with van der Waals surface area (Å²) in [5.41, 5.74) is -0.148. The normalized spacial score (nSPS) is 16.3.